The van der Waals surface area contributed by atoms with Crippen LogP contribution in [0.15, 0.2) is 48.5 Å². The lowest BCUT2D eigenvalue weighted by molar-refractivity contribution is 0.445. The van der Waals surface area contributed by atoms with Gasteiger partial charge in [0.2, 0.25) is 0 Å². The molecule has 1 saturated carbocycles. The number of hydrogen-bond acceptors (Lipinski definition) is 1. The van der Waals surface area contributed by atoms with E-state index in [9.17, 15) is 0 Å². The van der Waals surface area contributed by atoms with Crippen LogP contribution in [0.1, 0.15) is 49.1 Å². The maximum Gasteiger partial charge on any atom is 0.0530 e. The molecule has 0 unspecified atom stereocenters. The molecule has 2 aliphatic rings. The molecule has 0 saturated heterocycles. The molecule has 2 nitrogen and oxygen atoms in total. The summed E-state index contributed by atoms with van der Waals surface area (Å²) in [6, 6.07) is 18.1. The Bertz CT molecular complexity index is 900. The summed E-state index contributed by atoms with van der Waals surface area (Å²) in [5, 5.41) is 5.10. The summed E-state index contributed by atoms with van der Waals surface area (Å²) in [6.07, 6.45) is 6.87. The highest BCUT2D eigenvalue weighted by Crippen LogP contribution is 2.44. The highest BCUT2D eigenvalue weighted by molar-refractivity contribution is 5.93. The van der Waals surface area contributed by atoms with Crippen LogP contribution in [0.2, 0.25) is 0 Å². The van der Waals surface area contributed by atoms with E-state index in [2.05, 4.69) is 58.4 Å². The smallest absolute Gasteiger partial charge is 0.0530 e. The lowest BCUT2D eigenvalue weighted by Crippen LogP contribution is -2.23. The molecule has 2 aromatic carbocycles. The molecule has 0 spiro atoms. The number of benzene rings is 2. The summed E-state index contributed by atoms with van der Waals surface area (Å²) >= 11 is 0. The van der Waals surface area contributed by atoms with Crippen molar-refractivity contribution in [2.45, 2.75) is 51.1 Å². The van der Waals surface area contributed by atoms with Crippen LogP contribution in [0.4, 0.5) is 0 Å². The van der Waals surface area contributed by atoms with Gasteiger partial charge in [0.05, 0.1) is 5.69 Å². The minimum Gasteiger partial charge on any atom is -0.339 e. The molecule has 2 heterocycles. The fourth-order valence-electron chi connectivity index (χ4n) is 4.98. The average Bonchev–Trinajstić information content (AvgIpc) is 2.98. The monoisotopic (exact) mass is 330 g/mol. The SMILES string of the molecule is c1ccc2c(c1)CNCCn1c-2c(C2CCCCC2)c2ccccc21. The molecule has 2 heteroatoms. The van der Waals surface area contributed by atoms with E-state index < -0.39 is 0 Å². The highest BCUT2D eigenvalue weighted by atomic mass is 15.0. The van der Waals surface area contributed by atoms with E-state index in [4.69, 9.17) is 0 Å². The van der Waals surface area contributed by atoms with Gasteiger partial charge in [0.25, 0.3) is 0 Å². The summed E-state index contributed by atoms with van der Waals surface area (Å²) in [5.74, 6) is 0.718. The van der Waals surface area contributed by atoms with Crippen LogP contribution in [-0.4, -0.2) is 11.1 Å². The predicted molar refractivity (Wildman–Crippen MR) is 105 cm³/mol. The molecule has 5 rings (SSSR count). The van der Waals surface area contributed by atoms with Crippen molar-refractivity contribution >= 4 is 10.9 Å². The number of aromatic nitrogens is 1. The summed E-state index contributed by atoms with van der Waals surface area (Å²) in [4.78, 5) is 0. The first-order chi connectivity index (χ1) is 12.4. The second kappa shape index (κ2) is 6.34. The van der Waals surface area contributed by atoms with Crippen LogP contribution in [0.3, 0.4) is 0 Å². The first-order valence-electron chi connectivity index (χ1n) is 9.83. The third kappa shape index (κ3) is 2.51. The van der Waals surface area contributed by atoms with Gasteiger partial charge in [-0.25, -0.2) is 0 Å². The van der Waals surface area contributed by atoms with Crippen molar-refractivity contribution in [2.24, 2.45) is 0 Å². The molecule has 0 radical (unpaired) electrons. The zero-order valence-electron chi connectivity index (χ0n) is 14.8. The van der Waals surface area contributed by atoms with Crippen LogP contribution >= 0.6 is 0 Å². The standard InChI is InChI=1S/C23H26N2/c1-2-8-17(9-3-1)22-20-12-6-7-13-21(20)25-15-14-24-16-18-10-4-5-11-19(18)23(22)25/h4-7,10-13,17,24H,1-3,8-9,14-16H2. The lowest BCUT2D eigenvalue weighted by Gasteiger charge is -2.25. The fraction of sp³-hybridized carbons (Fsp3) is 0.391. The molecule has 0 amide bonds. The van der Waals surface area contributed by atoms with Crippen molar-refractivity contribution in [3.8, 4) is 11.3 Å². The number of rotatable bonds is 1. The Morgan fingerprint density at radius 3 is 2.60 bits per heavy atom. The average molecular weight is 330 g/mol. The molecular weight excluding hydrogens is 304 g/mol. The first-order valence-corrected chi connectivity index (χ1v) is 9.83. The van der Waals surface area contributed by atoms with E-state index >= 15 is 0 Å². The maximum absolute atomic E-state index is 3.62. The minimum absolute atomic E-state index is 0.718. The van der Waals surface area contributed by atoms with Crippen LogP contribution in [0.5, 0.6) is 0 Å². The molecule has 3 aromatic rings. The zero-order chi connectivity index (χ0) is 16.6. The summed E-state index contributed by atoms with van der Waals surface area (Å²) in [6.45, 7) is 3.06. The largest absolute Gasteiger partial charge is 0.339 e. The third-order valence-corrected chi connectivity index (χ3v) is 6.12. The van der Waals surface area contributed by atoms with Gasteiger partial charge in [0.15, 0.2) is 0 Å². The van der Waals surface area contributed by atoms with Crippen LogP contribution in [0.25, 0.3) is 22.2 Å². The van der Waals surface area contributed by atoms with E-state index in [-0.39, 0.29) is 0 Å². The van der Waals surface area contributed by atoms with Crippen molar-refractivity contribution in [3.05, 3.63) is 59.7 Å². The molecular formula is C23H26N2. The Kier molecular flexibility index (Phi) is 3.86. The Morgan fingerprint density at radius 2 is 1.68 bits per heavy atom. The molecule has 1 fully saturated rings. The van der Waals surface area contributed by atoms with Crippen LogP contribution in [0, 0.1) is 0 Å². The molecule has 1 aliphatic heterocycles. The summed E-state index contributed by atoms with van der Waals surface area (Å²) in [7, 11) is 0. The highest BCUT2D eigenvalue weighted by Gasteiger charge is 2.27. The molecule has 1 N–H and O–H groups in total. The van der Waals surface area contributed by atoms with Gasteiger partial charge < -0.3 is 9.88 Å². The summed E-state index contributed by atoms with van der Waals surface area (Å²) < 4.78 is 2.59. The number of hydrogen-bond donors (Lipinski definition) is 1. The molecule has 0 atom stereocenters. The molecule has 1 aliphatic carbocycles. The van der Waals surface area contributed by atoms with Gasteiger partial charge >= 0.3 is 0 Å². The van der Waals surface area contributed by atoms with Gasteiger partial charge in [-0.05, 0) is 36.0 Å². The fourth-order valence-corrected chi connectivity index (χ4v) is 4.98. The number of nitrogens with zero attached hydrogens (tertiary/aromatic N) is 1. The topological polar surface area (TPSA) is 17.0 Å². The zero-order valence-corrected chi connectivity index (χ0v) is 14.8. The number of nitrogens with one attached hydrogen (secondary N) is 1. The first kappa shape index (κ1) is 15.2. The molecule has 0 bridgehead atoms. The predicted octanol–water partition coefficient (Wildman–Crippen LogP) is 5.46. The Hall–Kier alpha value is -2.06. The van der Waals surface area contributed by atoms with Crippen LogP contribution in [-0.2, 0) is 13.1 Å². The molecule has 128 valence electrons. The van der Waals surface area contributed by atoms with Crippen molar-refractivity contribution in [2.75, 3.05) is 6.54 Å². The Labute approximate surface area is 149 Å². The molecule has 1 aromatic heterocycles. The lowest BCUT2D eigenvalue weighted by atomic mass is 9.81. The number of para-hydroxylation sites is 1. The second-order valence-corrected chi connectivity index (χ2v) is 7.60. The van der Waals surface area contributed by atoms with Gasteiger partial charge in [-0.1, -0.05) is 61.7 Å². The van der Waals surface area contributed by atoms with Crippen molar-refractivity contribution in [1.29, 1.82) is 0 Å². The van der Waals surface area contributed by atoms with Gasteiger partial charge in [-0.2, -0.15) is 0 Å². The van der Waals surface area contributed by atoms with E-state index in [1.807, 2.05) is 0 Å². The Balaban J connectivity index is 1.83. The van der Waals surface area contributed by atoms with Gasteiger partial charge in [0.1, 0.15) is 0 Å². The number of fused-ring (bicyclic) bond motifs is 5. The normalized spacial score (nSPS) is 18.4. The van der Waals surface area contributed by atoms with E-state index in [0.29, 0.717) is 0 Å². The van der Waals surface area contributed by atoms with Crippen LogP contribution < -0.4 is 5.32 Å². The van der Waals surface area contributed by atoms with Crippen molar-refractivity contribution in [1.82, 2.24) is 9.88 Å². The van der Waals surface area contributed by atoms with Gasteiger partial charge in [-0.3, -0.25) is 0 Å². The van der Waals surface area contributed by atoms with Gasteiger partial charge in [0, 0.05) is 36.1 Å². The second-order valence-electron chi connectivity index (χ2n) is 7.60. The summed E-state index contributed by atoms with van der Waals surface area (Å²) in [5.41, 5.74) is 7.42. The van der Waals surface area contributed by atoms with E-state index in [0.717, 1.165) is 25.6 Å². The van der Waals surface area contributed by atoms with Crippen molar-refractivity contribution < 1.29 is 0 Å². The molecule has 25 heavy (non-hydrogen) atoms. The van der Waals surface area contributed by atoms with E-state index in [1.54, 1.807) is 5.56 Å². The van der Waals surface area contributed by atoms with Crippen molar-refractivity contribution in [3.63, 3.8) is 0 Å². The maximum atomic E-state index is 3.62. The quantitative estimate of drug-likeness (QED) is 0.627. The Morgan fingerprint density at radius 1 is 0.880 bits per heavy atom. The minimum atomic E-state index is 0.718. The van der Waals surface area contributed by atoms with E-state index in [1.165, 1.54) is 59.8 Å². The third-order valence-electron chi connectivity index (χ3n) is 6.12. The van der Waals surface area contributed by atoms with Gasteiger partial charge in [-0.15, -0.1) is 0 Å².